The van der Waals surface area contributed by atoms with Crippen LogP contribution in [0.3, 0.4) is 0 Å². The molecule has 0 aromatic carbocycles. The van der Waals surface area contributed by atoms with E-state index in [4.69, 9.17) is 10.5 Å². The number of rotatable bonds is 4. The third-order valence-electron chi connectivity index (χ3n) is 7.75. The van der Waals surface area contributed by atoms with Gasteiger partial charge >= 0.3 is 12.2 Å². The first-order chi connectivity index (χ1) is 15.7. The summed E-state index contributed by atoms with van der Waals surface area (Å²) in [5.41, 5.74) is 7.09. The van der Waals surface area contributed by atoms with Gasteiger partial charge in [0.1, 0.15) is 12.4 Å². The Kier molecular flexibility index (Phi) is 5.50. The fraction of sp³-hybridized carbons (Fsp3) is 0.625. The molecule has 3 aliphatic rings. The van der Waals surface area contributed by atoms with E-state index in [1.165, 1.54) is 25.8 Å². The van der Waals surface area contributed by atoms with E-state index in [1.807, 2.05) is 6.92 Å². The minimum Gasteiger partial charge on any atom is -0.461 e. The summed E-state index contributed by atoms with van der Waals surface area (Å²) >= 11 is 0. The van der Waals surface area contributed by atoms with Crippen molar-refractivity contribution in [2.45, 2.75) is 70.0 Å². The Morgan fingerprint density at radius 1 is 1.18 bits per heavy atom. The predicted molar refractivity (Wildman–Crippen MR) is 118 cm³/mol. The van der Waals surface area contributed by atoms with E-state index < -0.39 is 17.7 Å². The zero-order valence-electron chi connectivity index (χ0n) is 19.1. The molecule has 0 bridgehead atoms. The van der Waals surface area contributed by atoms with Gasteiger partial charge in [0.15, 0.2) is 0 Å². The Morgan fingerprint density at radius 3 is 2.61 bits per heavy atom. The molecule has 1 aliphatic carbocycles. The van der Waals surface area contributed by atoms with E-state index in [9.17, 15) is 13.2 Å². The third-order valence-corrected chi connectivity index (χ3v) is 7.75. The summed E-state index contributed by atoms with van der Waals surface area (Å²) in [6.45, 7) is 6.17. The Hall–Kier alpha value is -2.42. The number of alkyl halides is 3. The van der Waals surface area contributed by atoms with Crippen LogP contribution in [0.4, 0.5) is 19.0 Å². The topological polar surface area (TPSA) is 77.2 Å². The van der Waals surface area contributed by atoms with Crippen LogP contribution >= 0.6 is 0 Å². The van der Waals surface area contributed by atoms with Gasteiger partial charge in [-0.2, -0.15) is 18.2 Å². The molecular formula is C24H30F3N5O. The summed E-state index contributed by atoms with van der Waals surface area (Å²) in [5.74, 6) is -0.373. The summed E-state index contributed by atoms with van der Waals surface area (Å²) < 4.78 is 47.8. The number of hydrogen-bond donors (Lipinski definition) is 1. The van der Waals surface area contributed by atoms with Crippen molar-refractivity contribution in [3.05, 3.63) is 40.3 Å². The van der Waals surface area contributed by atoms with Crippen LogP contribution in [0.2, 0.25) is 0 Å². The molecule has 2 N–H and O–H groups in total. The molecule has 2 atom stereocenters. The highest BCUT2D eigenvalue weighted by atomic mass is 19.4. The minimum absolute atomic E-state index is 0.0191. The van der Waals surface area contributed by atoms with E-state index in [0.717, 1.165) is 37.2 Å². The van der Waals surface area contributed by atoms with Gasteiger partial charge in [0.05, 0.1) is 22.5 Å². The Balaban J connectivity index is 1.41. The summed E-state index contributed by atoms with van der Waals surface area (Å²) in [4.78, 5) is 15.7. The van der Waals surface area contributed by atoms with Crippen molar-refractivity contribution in [2.75, 3.05) is 25.4 Å². The van der Waals surface area contributed by atoms with Crippen molar-refractivity contribution in [1.82, 2.24) is 19.9 Å². The quantitative estimate of drug-likeness (QED) is 0.731. The van der Waals surface area contributed by atoms with E-state index in [2.05, 4.69) is 19.9 Å². The standard InChI is InChI=1S/C24H30F3N5O/c1-14-9-16-12-29-22(33-13-23-5-3-7-32(23)8-4-6-23)30-18(16)11-17(14)21-20(24(25,26)27)15(2)10-19(28)31-21/h10,12,14,17H,3-9,11,13H2,1-2H3,(H2,28,31). The molecular weight excluding hydrogens is 431 g/mol. The Labute approximate surface area is 191 Å². The summed E-state index contributed by atoms with van der Waals surface area (Å²) in [5, 5.41) is 0. The molecule has 2 saturated heterocycles. The molecule has 0 saturated carbocycles. The number of fused-ring (bicyclic) bond motifs is 2. The monoisotopic (exact) mass is 461 g/mol. The lowest BCUT2D eigenvalue weighted by Gasteiger charge is -2.32. The highest BCUT2D eigenvalue weighted by Gasteiger charge is 2.45. The second-order valence-electron chi connectivity index (χ2n) is 9.95. The van der Waals surface area contributed by atoms with Crippen LogP contribution in [0.1, 0.15) is 66.6 Å². The second-order valence-corrected chi connectivity index (χ2v) is 9.95. The van der Waals surface area contributed by atoms with Gasteiger partial charge in [-0.05, 0) is 81.6 Å². The van der Waals surface area contributed by atoms with Crippen molar-refractivity contribution in [1.29, 1.82) is 0 Å². The van der Waals surface area contributed by atoms with Gasteiger partial charge in [-0.3, -0.25) is 4.90 Å². The zero-order chi connectivity index (χ0) is 23.4. The molecule has 2 aliphatic heterocycles. The van der Waals surface area contributed by atoms with Crippen molar-refractivity contribution < 1.29 is 17.9 Å². The van der Waals surface area contributed by atoms with Gasteiger partial charge in [-0.15, -0.1) is 0 Å². The van der Waals surface area contributed by atoms with Crippen LogP contribution in [0.25, 0.3) is 0 Å². The van der Waals surface area contributed by atoms with Crippen molar-refractivity contribution in [3.63, 3.8) is 0 Å². The van der Waals surface area contributed by atoms with Crippen LogP contribution in [0, 0.1) is 12.8 Å². The molecule has 0 radical (unpaired) electrons. The number of nitrogens with zero attached hydrogens (tertiary/aromatic N) is 4. The number of pyridine rings is 1. The fourth-order valence-electron chi connectivity index (χ4n) is 6.13. The van der Waals surface area contributed by atoms with Crippen molar-refractivity contribution in [2.24, 2.45) is 5.92 Å². The van der Waals surface area contributed by atoms with Crippen molar-refractivity contribution in [3.8, 4) is 6.01 Å². The summed E-state index contributed by atoms with van der Waals surface area (Å²) in [6, 6.07) is 1.60. The lowest BCUT2D eigenvalue weighted by Crippen LogP contribution is -2.43. The molecule has 2 unspecified atom stereocenters. The maximum Gasteiger partial charge on any atom is 0.418 e. The molecule has 2 fully saturated rings. The van der Waals surface area contributed by atoms with Crippen LogP contribution in [-0.2, 0) is 19.0 Å². The van der Waals surface area contributed by atoms with Gasteiger partial charge < -0.3 is 10.5 Å². The number of ether oxygens (including phenoxy) is 1. The van der Waals surface area contributed by atoms with Crippen molar-refractivity contribution >= 4 is 5.82 Å². The first-order valence-corrected chi connectivity index (χ1v) is 11.7. The summed E-state index contributed by atoms with van der Waals surface area (Å²) in [7, 11) is 0. The van der Waals surface area contributed by atoms with Gasteiger partial charge in [-0.25, -0.2) is 9.97 Å². The number of nitrogens with two attached hydrogens (primary N) is 1. The molecule has 2 aromatic heterocycles. The molecule has 178 valence electrons. The van der Waals surface area contributed by atoms with Crippen LogP contribution in [0.5, 0.6) is 6.01 Å². The van der Waals surface area contributed by atoms with Crippen LogP contribution in [0.15, 0.2) is 12.3 Å². The van der Waals surface area contributed by atoms with Gasteiger partial charge in [0.2, 0.25) is 0 Å². The first-order valence-electron chi connectivity index (χ1n) is 11.7. The molecule has 0 amide bonds. The maximum absolute atomic E-state index is 13.9. The van der Waals surface area contributed by atoms with Crippen LogP contribution in [-0.4, -0.2) is 45.1 Å². The van der Waals surface area contributed by atoms with Gasteiger partial charge in [0, 0.05) is 12.1 Å². The molecule has 0 spiro atoms. The number of aryl methyl sites for hydroxylation is 1. The minimum atomic E-state index is -4.49. The molecule has 5 rings (SSSR count). The number of anilines is 1. The smallest absolute Gasteiger partial charge is 0.418 e. The second kappa shape index (κ2) is 8.11. The summed E-state index contributed by atoms with van der Waals surface area (Å²) in [6.07, 6.45) is 2.83. The number of aromatic nitrogens is 3. The number of hydrogen-bond acceptors (Lipinski definition) is 6. The number of nitrogen functional groups attached to an aromatic ring is 1. The highest BCUT2D eigenvalue weighted by molar-refractivity contribution is 5.45. The fourth-order valence-corrected chi connectivity index (χ4v) is 6.13. The third kappa shape index (κ3) is 4.05. The first kappa shape index (κ1) is 22.4. The predicted octanol–water partition coefficient (Wildman–Crippen LogP) is 4.31. The molecule has 4 heterocycles. The molecule has 2 aromatic rings. The molecule has 9 heteroatoms. The average Bonchev–Trinajstić information content (AvgIpc) is 3.30. The van der Waals surface area contributed by atoms with E-state index >= 15 is 0 Å². The van der Waals surface area contributed by atoms with Crippen LogP contribution < -0.4 is 10.5 Å². The maximum atomic E-state index is 13.9. The Bertz CT molecular complexity index is 1050. The van der Waals surface area contributed by atoms with E-state index in [0.29, 0.717) is 25.5 Å². The zero-order valence-corrected chi connectivity index (χ0v) is 19.1. The van der Waals surface area contributed by atoms with Gasteiger partial charge in [-0.1, -0.05) is 6.92 Å². The largest absolute Gasteiger partial charge is 0.461 e. The molecule has 6 nitrogen and oxygen atoms in total. The van der Waals surface area contributed by atoms with Gasteiger partial charge in [0.25, 0.3) is 0 Å². The Morgan fingerprint density at radius 2 is 1.91 bits per heavy atom. The SMILES string of the molecule is Cc1cc(N)nc(C2Cc3nc(OCC45CCCN4CCC5)ncc3CC2C)c1C(F)(F)F. The molecule has 33 heavy (non-hydrogen) atoms. The lowest BCUT2D eigenvalue weighted by molar-refractivity contribution is -0.139. The van der Waals surface area contributed by atoms with E-state index in [-0.39, 0.29) is 28.5 Å². The normalized spacial score (nSPS) is 24.5. The average molecular weight is 462 g/mol. The number of halogens is 3. The van der Waals surface area contributed by atoms with E-state index in [1.54, 1.807) is 6.20 Å². The highest BCUT2D eigenvalue weighted by Crippen LogP contribution is 2.43. The lowest BCUT2D eigenvalue weighted by atomic mass is 9.76.